The molecule has 132 valence electrons. The van der Waals surface area contributed by atoms with E-state index in [9.17, 15) is 4.79 Å². The van der Waals surface area contributed by atoms with E-state index in [-0.39, 0.29) is 18.1 Å². The second-order valence-electron chi connectivity index (χ2n) is 6.66. The molecule has 1 saturated carbocycles. The zero-order valence-electron chi connectivity index (χ0n) is 14.3. The van der Waals surface area contributed by atoms with Crippen LogP contribution in [-0.4, -0.2) is 45.0 Å². The highest BCUT2D eigenvalue weighted by atomic mass is 16.5. The van der Waals surface area contributed by atoms with Crippen molar-refractivity contribution in [1.82, 2.24) is 5.32 Å². The van der Waals surface area contributed by atoms with Crippen molar-refractivity contribution in [3.05, 3.63) is 29.8 Å². The van der Waals surface area contributed by atoms with Gasteiger partial charge in [0.15, 0.2) is 0 Å². The van der Waals surface area contributed by atoms with E-state index >= 15 is 0 Å². The van der Waals surface area contributed by atoms with Crippen molar-refractivity contribution in [3.8, 4) is 5.75 Å². The van der Waals surface area contributed by atoms with Gasteiger partial charge in [-0.3, -0.25) is 4.79 Å². The lowest BCUT2D eigenvalue weighted by Gasteiger charge is -2.32. The van der Waals surface area contributed by atoms with Crippen molar-refractivity contribution >= 4 is 5.91 Å². The monoisotopic (exact) mass is 333 g/mol. The minimum atomic E-state index is -0.0392. The second-order valence-corrected chi connectivity index (χ2v) is 6.66. The van der Waals surface area contributed by atoms with Crippen LogP contribution >= 0.6 is 0 Å². The van der Waals surface area contributed by atoms with Crippen LogP contribution < -0.4 is 10.1 Å². The Kier molecular flexibility index (Phi) is 6.10. The zero-order valence-corrected chi connectivity index (χ0v) is 14.3. The molecule has 0 aromatic heterocycles. The first kappa shape index (κ1) is 17.2. The minimum Gasteiger partial charge on any atom is -0.496 e. The number of carbonyl (C=O) groups is 1. The molecule has 2 fully saturated rings. The first-order chi connectivity index (χ1) is 11.8. The Morgan fingerprint density at radius 3 is 2.92 bits per heavy atom. The summed E-state index contributed by atoms with van der Waals surface area (Å²) in [6.45, 7) is 2.07. The van der Waals surface area contributed by atoms with Gasteiger partial charge in [-0.25, -0.2) is 0 Å². The number of nitrogens with one attached hydrogen (secondary N) is 1. The smallest absolute Gasteiger partial charge is 0.220 e. The number of rotatable bonds is 8. The topological polar surface area (TPSA) is 56.8 Å². The molecule has 0 bridgehead atoms. The number of amides is 1. The van der Waals surface area contributed by atoms with Gasteiger partial charge >= 0.3 is 0 Å². The Balaban J connectivity index is 1.47. The maximum atomic E-state index is 12.3. The standard InChI is InChI=1S/C19H27NO4/c1-22-17-5-3-2-4-15(17)8-9-19(21)20-16-13-23-11-10-18(16)24-12-14-6-7-14/h2-5,14,16,18H,6-13H2,1H3,(H,20,21)/t16-,18+/m1/s1. The van der Waals surface area contributed by atoms with Gasteiger partial charge in [0.2, 0.25) is 5.91 Å². The van der Waals surface area contributed by atoms with E-state index in [0.717, 1.165) is 30.3 Å². The van der Waals surface area contributed by atoms with E-state index in [1.807, 2.05) is 24.3 Å². The third kappa shape index (κ3) is 4.95. The summed E-state index contributed by atoms with van der Waals surface area (Å²) < 4.78 is 16.9. The average Bonchev–Trinajstić information content (AvgIpc) is 3.44. The largest absolute Gasteiger partial charge is 0.496 e. The van der Waals surface area contributed by atoms with Crippen LogP contribution in [0.25, 0.3) is 0 Å². The van der Waals surface area contributed by atoms with Crippen LogP contribution in [0.15, 0.2) is 24.3 Å². The molecule has 1 aromatic carbocycles. The van der Waals surface area contributed by atoms with E-state index < -0.39 is 0 Å². The predicted molar refractivity (Wildman–Crippen MR) is 91.1 cm³/mol. The molecule has 0 spiro atoms. The highest BCUT2D eigenvalue weighted by Gasteiger charge is 2.30. The lowest BCUT2D eigenvalue weighted by atomic mass is 10.0. The third-order valence-electron chi connectivity index (χ3n) is 4.70. The molecule has 1 aliphatic heterocycles. The number of para-hydroxylation sites is 1. The second kappa shape index (κ2) is 8.49. The van der Waals surface area contributed by atoms with Crippen LogP contribution in [0.1, 0.15) is 31.2 Å². The number of aryl methyl sites for hydroxylation is 1. The van der Waals surface area contributed by atoms with Gasteiger partial charge < -0.3 is 19.5 Å². The third-order valence-corrected chi connectivity index (χ3v) is 4.70. The van der Waals surface area contributed by atoms with Gasteiger partial charge in [-0.1, -0.05) is 18.2 Å². The molecule has 5 nitrogen and oxygen atoms in total. The van der Waals surface area contributed by atoms with Gasteiger partial charge in [0.25, 0.3) is 0 Å². The fraction of sp³-hybridized carbons (Fsp3) is 0.632. The molecule has 0 radical (unpaired) electrons. The van der Waals surface area contributed by atoms with E-state index in [2.05, 4.69) is 5.32 Å². The molecule has 1 aliphatic carbocycles. The molecule has 1 heterocycles. The van der Waals surface area contributed by atoms with Gasteiger partial charge in [-0.2, -0.15) is 0 Å². The fourth-order valence-electron chi connectivity index (χ4n) is 3.03. The van der Waals surface area contributed by atoms with Crippen molar-refractivity contribution < 1.29 is 19.0 Å². The molecule has 0 unspecified atom stereocenters. The summed E-state index contributed by atoms with van der Waals surface area (Å²) in [5.41, 5.74) is 1.05. The van der Waals surface area contributed by atoms with Crippen LogP contribution in [0.4, 0.5) is 0 Å². The van der Waals surface area contributed by atoms with Crippen LogP contribution in [-0.2, 0) is 20.7 Å². The van der Waals surface area contributed by atoms with Crippen molar-refractivity contribution in [3.63, 3.8) is 0 Å². The molecular weight excluding hydrogens is 306 g/mol. The summed E-state index contributed by atoms with van der Waals surface area (Å²) >= 11 is 0. The quantitative estimate of drug-likeness (QED) is 0.793. The summed E-state index contributed by atoms with van der Waals surface area (Å²) in [5, 5.41) is 3.09. The minimum absolute atomic E-state index is 0.0384. The van der Waals surface area contributed by atoms with E-state index in [1.165, 1.54) is 12.8 Å². The van der Waals surface area contributed by atoms with Gasteiger partial charge in [0.05, 0.1) is 25.9 Å². The summed E-state index contributed by atoms with van der Waals surface area (Å²) in [6.07, 6.45) is 4.58. The average molecular weight is 333 g/mol. The molecule has 5 heteroatoms. The van der Waals surface area contributed by atoms with Crippen molar-refractivity contribution in [2.24, 2.45) is 5.92 Å². The molecule has 2 aliphatic rings. The van der Waals surface area contributed by atoms with Gasteiger partial charge in [0, 0.05) is 19.6 Å². The molecule has 24 heavy (non-hydrogen) atoms. The van der Waals surface area contributed by atoms with Crippen LogP contribution in [0.5, 0.6) is 5.75 Å². The van der Waals surface area contributed by atoms with Crippen molar-refractivity contribution in [1.29, 1.82) is 0 Å². The number of hydrogen-bond acceptors (Lipinski definition) is 4. The predicted octanol–water partition coefficient (Wildman–Crippen LogP) is 2.33. The summed E-state index contributed by atoms with van der Waals surface area (Å²) in [5.74, 6) is 1.60. The van der Waals surface area contributed by atoms with E-state index in [1.54, 1.807) is 7.11 Å². The van der Waals surface area contributed by atoms with Crippen LogP contribution in [0.3, 0.4) is 0 Å². The zero-order chi connectivity index (χ0) is 16.8. The Labute approximate surface area is 143 Å². The van der Waals surface area contributed by atoms with Crippen molar-refractivity contribution in [2.45, 2.75) is 44.2 Å². The SMILES string of the molecule is COc1ccccc1CCC(=O)N[C@@H]1COCC[C@@H]1OCC1CC1. The number of hydrogen-bond donors (Lipinski definition) is 1. The fourth-order valence-corrected chi connectivity index (χ4v) is 3.03. The number of methoxy groups -OCH3 is 1. The van der Waals surface area contributed by atoms with Crippen LogP contribution in [0, 0.1) is 5.92 Å². The van der Waals surface area contributed by atoms with Gasteiger partial charge in [-0.15, -0.1) is 0 Å². The first-order valence-corrected chi connectivity index (χ1v) is 8.87. The molecular formula is C19H27NO4. The molecule has 1 N–H and O–H groups in total. The summed E-state index contributed by atoms with van der Waals surface area (Å²) in [6, 6.07) is 7.78. The molecule has 3 rings (SSSR count). The number of carbonyl (C=O) groups excluding carboxylic acids is 1. The van der Waals surface area contributed by atoms with Gasteiger partial charge in [0.1, 0.15) is 5.75 Å². The Hall–Kier alpha value is -1.59. The normalized spacial score (nSPS) is 23.7. The summed E-state index contributed by atoms with van der Waals surface area (Å²) in [7, 11) is 1.65. The highest BCUT2D eigenvalue weighted by Crippen LogP contribution is 2.30. The molecule has 1 saturated heterocycles. The van der Waals surface area contributed by atoms with Crippen LogP contribution in [0.2, 0.25) is 0 Å². The Morgan fingerprint density at radius 1 is 1.29 bits per heavy atom. The number of benzene rings is 1. The summed E-state index contributed by atoms with van der Waals surface area (Å²) in [4.78, 5) is 12.3. The lowest BCUT2D eigenvalue weighted by molar-refractivity contribution is -0.126. The number of ether oxygens (including phenoxy) is 3. The maximum absolute atomic E-state index is 12.3. The molecule has 2 atom stereocenters. The Morgan fingerprint density at radius 2 is 2.12 bits per heavy atom. The highest BCUT2D eigenvalue weighted by molar-refractivity contribution is 5.76. The first-order valence-electron chi connectivity index (χ1n) is 8.87. The lowest BCUT2D eigenvalue weighted by Crippen LogP contribution is -2.50. The van der Waals surface area contributed by atoms with E-state index in [0.29, 0.717) is 26.1 Å². The van der Waals surface area contributed by atoms with E-state index in [4.69, 9.17) is 14.2 Å². The molecule has 1 aromatic rings. The van der Waals surface area contributed by atoms with Crippen molar-refractivity contribution in [2.75, 3.05) is 26.9 Å². The Bertz CT molecular complexity index is 544. The van der Waals surface area contributed by atoms with Gasteiger partial charge in [-0.05, 0) is 43.2 Å². The maximum Gasteiger partial charge on any atom is 0.220 e. The molecule has 1 amide bonds.